The Labute approximate surface area is 105 Å². The lowest BCUT2D eigenvalue weighted by Gasteiger charge is -2.18. The quantitative estimate of drug-likeness (QED) is 0.884. The Morgan fingerprint density at radius 1 is 1.33 bits per heavy atom. The summed E-state index contributed by atoms with van der Waals surface area (Å²) in [5.41, 5.74) is 1.70. The number of rotatable bonds is 5. The third kappa shape index (κ3) is 2.68. The van der Waals surface area contributed by atoms with Crippen LogP contribution >= 0.6 is 0 Å². The van der Waals surface area contributed by atoms with Crippen LogP contribution in [0.1, 0.15) is 12.6 Å². The van der Waals surface area contributed by atoms with E-state index in [0.29, 0.717) is 19.1 Å². The Bertz CT molecular complexity index is 495. The highest BCUT2D eigenvalue weighted by Crippen LogP contribution is 2.24. The van der Waals surface area contributed by atoms with Gasteiger partial charge in [-0.1, -0.05) is 0 Å². The second kappa shape index (κ2) is 5.64. The standard InChI is InChI=1S/C13H16FN3O/c1-3-17(12-6-4-10(14)5-7-12)13-16-11(8-15-2)9-18-13/h4-7,9,15H,3,8H2,1-2H3. The second-order valence-corrected chi connectivity index (χ2v) is 3.87. The fourth-order valence-electron chi connectivity index (χ4n) is 1.73. The van der Waals surface area contributed by atoms with Crippen molar-refractivity contribution in [2.24, 2.45) is 0 Å². The van der Waals surface area contributed by atoms with Gasteiger partial charge >= 0.3 is 6.01 Å². The van der Waals surface area contributed by atoms with Gasteiger partial charge in [-0.25, -0.2) is 4.39 Å². The van der Waals surface area contributed by atoms with Gasteiger partial charge in [-0.3, -0.25) is 4.90 Å². The largest absolute Gasteiger partial charge is 0.431 e. The molecule has 96 valence electrons. The smallest absolute Gasteiger partial charge is 0.302 e. The molecule has 5 heteroatoms. The summed E-state index contributed by atoms with van der Waals surface area (Å²) in [5, 5.41) is 3.01. The third-order valence-corrected chi connectivity index (χ3v) is 2.58. The van der Waals surface area contributed by atoms with E-state index < -0.39 is 0 Å². The number of anilines is 2. The highest BCUT2D eigenvalue weighted by atomic mass is 19.1. The van der Waals surface area contributed by atoms with E-state index in [1.54, 1.807) is 18.4 Å². The van der Waals surface area contributed by atoms with Crippen molar-refractivity contribution in [2.45, 2.75) is 13.5 Å². The first-order valence-electron chi connectivity index (χ1n) is 5.86. The summed E-state index contributed by atoms with van der Waals surface area (Å²) < 4.78 is 18.3. The molecule has 0 spiro atoms. The molecule has 0 fully saturated rings. The molecular weight excluding hydrogens is 233 g/mol. The molecule has 1 aromatic heterocycles. The van der Waals surface area contributed by atoms with Crippen LogP contribution in [0, 0.1) is 5.82 Å². The van der Waals surface area contributed by atoms with Gasteiger partial charge in [0.25, 0.3) is 0 Å². The van der Waals surface area contributed by atoms with Crippen LogP contribution in [0.25, 0.3) is 0 Å². The molecular formula is C13H16FN3O. The van der Waals surface area contributed by atoms with Crippen molar-refractivity contribution in [1.29, 1.82) is 0 Å². The average Bonchev–Trinajstić information content (AvgIpc) is 2.82. The van der Waals surface area contributed by atoms with E-state index in [9.17, 15) is 4.39 Å². The molecule has 1 heterocycles. The number of hydrogen-bond donors (Lipinski definition) is 1. The van der Waals surface area contributed by atoms with Gasteiger partial charge in [-0.15, -0.1) is 0 Å². The third-order valence-electron chi connectivity index (χ3n) is 2.58. The van der Waals surface area contributed by atoms with Crippen LogP contribution in [-0.4, -0.2) is 18.6 Å². The molecule has 18 heavy (non-hydrogen) atoms. The van der Waals surface area contributed by atoms with E-state index in [2.05, 4.69) is 10.3 Å². The van der Waals surface area contributed by atoms with E-state index in [4.69, 9.17) is 4.42 Å². The van der Waals surface area contributed by atoms with E-state index in [0.717, 1.165) is 11.4 Å². The number of nitrogens with one attached hydrogen (secondary N) is 1. The van der Waals surface area contributed by atoms with Crippen molar-refractivity contribution in [1.82, 2.24) is 10.3 Å². The van der Waals surface area contributed by atoms with Crippen molar-refractivity contribution in [2.75, 3.05) is 18.5 Å². The van der Waals surface area contributed by atoms with Crippen LogP contribution < -0.4 is 10.2 Å². The zero-order valence-electron chi connectivity index (χ0n) is 10.5. The lowest BCUT2D eigenvalue weighted by Crippen LogP contribution is -2.16. The van der Waals surface area contributed by atoms with Crippen LogP contribution in [0.15, 0.2) is 34.9 Å². The topological polar surface area (TPSA) is 41.3 Å². The van der Waals surface area contributed by atoms with Gasteiger partial charge in [0.05, 0.1) is 5.69 Å². The Morgan fingerprint density at radius 2 is 2.06 bits per heavy atom. The molecule has 0 aliphatic carbocycles. The van der Waals surface area contributed by atoms with E-state index in [1.165, 1.54) is 12.1 Å². The summed E-state index contributed by atoms with van der Waals surface area (Å²) in [6.45, 7) is 3.35. The Balaban J connectivity index is 2.24. The lowest BCUT2D eigenvalue weighted by molar-refractivity contribution is 0.553. The van der Waals surface area contributed by atoms with Crippen molar-refractivity contribution in [3.8, 4) is 0 Å². The molecule has 1 N–H and O–H groups in total. The molecule has 0 radical (unpaired) electrons. The van der Waals surface area contributed by atoms with Crippen LogP contribution in [0.5, 0.6) is 0 Å². The summed E-state index contributed by atoms with van der Waals surface area (Å²) in [6.07, 6.45) is 1.62. The van der Waals surface area contributed by atoms with Gasteiger partial charge in [-0.2, -0.15) is 4.98 Å². The normalized spacial score (nSPS) is 10.6. The van der Waals surface area contributed by atoms with Gasteiger partial charge in [0.15, 0.2) is 0 Å². The highest BCUT2D eigenvalue weighted by molar-refractivity contribution is 5.55. The Hall–Kier alpha value is -1.88. The van der Waals surface area contributed by atoms with E-state index in [-0.39, 0.29) is 5.82 Å². The number of nitrogens with zero attached hydrogens (tertiary/aromatic N) is 2. The average molecular weight is 249 g/mol. The predicted molar refractivity (Wildman–Crippen MR) is 68.3 cm³/mol. The fourth-order valence-corrected chi connectivity index (χ4v) is 1.73. The number of halogens is 1. The lowest BCUT2D eigenvalue weighted by atomic mass is 10.3. The molecule has 2 aromatic rings. The van der Waals surface area contributed by atoms with Crippen molar-refractivity contribution >= 4 is 11.7 Å². The summed E-state index contributed by atoms with van der Waals surface area (Å²) in [6, 6.07) is 6.79. The molecule has 0 saturated heterocycles. The van der Waals surface area contributed by atoms with E-state index in [1.807, 2.05) is 18.9 Å². The Morgan fingerprint density at radius 3 is 2.67 bits per heavy atom. The Kier molecular flexibility index (Phi) is 3.94. The summed E-state index contributed by atoms with van der Waals surface area (Å²) in [7, 11) is 1.85. The maximum absolute atomic E-state index is 12.9. The zero-order chi connectivity index (χ0) is 13.0. The zero-order valence-corrected chi connectivity index (χ0v) is 10.5. The summed E-state index contributed by atoms with van der Waals surface area (Å²) in [5.74, 6) is -0.252. The van der Waals surface area contributed by atoms with E-state index >= 15 is 0 Å². The first kappa shape index (κ1) is 12.6. The molecule has 0 unspecified atom stereocenters. The SMILES string of the molecule is CCN(c1ccc(F)cc1)c1nc(CNC)co1. The van der Waals surface area contributed by atoms with Gasteiger partial charge in [0, 0.05) is 18.8 Å². The maximum atomic E-state index is 12.9. The maximum Gasteiger partial charge on any atom is 0.302 e. The number of hydrogen-bond acceptors (Lipinski definition) is 4. The molecule has 0 bridgehead atoms. The first-order valence-corrected chi connectivity index (χ1v) is 5.86. The van der Waals surface area contributed by atoms with Gasteiger partial charge in [-0.05, 0) is 38.2 Å². The minimum Gasteiger partial charge on any atom is -0.431 e. The summed E-state index contributed by atoms with van der Waals surface area (Å²) in [4.78, 5) is 6.26. The molecule has 0 aliphatic rings. The molecule has 2 rings (SSSR count). The van der Waals surface area contributed by atoms with Gasteiger partial charge in [0.2, 0.25) is 0 Å². The summed E-state index contributed by atoms with van der Waals surface area (Å²) >= 11 is 0. The molecule has 0 amide bonds. The van der Waals surface area contributed by atoms with Crippen molar-refractivity contribution < 1.29 is 8.81 Å². The predicted octanol–water partition coefficient (Wildman–Crippen LogP) is 2.69. The number of benzene rings is 1. The molecule has 1 aromatic carbocycles. The second-order valence-electron chi connectivity index (χ2n) is 3.87. The van der Waals surface area contributed by atoms with Crippen LogP contribution in [0.3, 0.4) is 0 Å². The van der Waals surface area contributed by atoms with Crippen LogP contribution in [0.4, 0.5) is 16.1 Å². The minimum absolute atomic E-state index is 0.252. The van der Waals surface area contributed by atoms with Crippen molar-refractivity contribution in [3.05, 3.63) is 42.0 Å². The molecule has 0 atom stereocenters. The van der Waals surface area contributed by atoms with Crippen LogP contribution in [-0.2, 0) is 6.54 Å². The van der Waals surface area contributed by atoms with Crippen molar-refractivity contribution in [3.63, 3.8) is 0 Å². The fraction of sp³-hybridized carbons (Fsp3) is 0.308. The highest BCUT2D eigenvalue weighted by Gasteiger charge is 2.13. The number of oxazole rings is 1. The van der Waals surface area contributed by atoms with Crippen LogP contribution in [0.2, 0.25) is 0 Å². The number of aromatic nitrogens is 1. The first-order chi connectivity index (χ1) is 8.74. The minimum atomic E-state index is -0.252. The van der Waals surface area contributed by atoms with Gasteiger partial charge < -0.3 is 9.73 Å². The molecule has 0 aliphatic heterocycles. The molecule has 0 saturated carbocycles. The monoisotopic (exact) mass is 249 g/mol. The van der Waals surface area contributed by atoms with Gasteiger partial charge in [0.1, 0.15) is 12.1 Å². The molecule has 4 nitrogen and oxygen atoms in total.